The number of rotatable bonds is 11. The van der Waals surface area contributed by atoms with Gasteiger partial charge in [0.05, 0.1) is 18.2 Å². The van der Waals surface area contributed by atoms with Crippen LogP contribution in [0.1, 0.15) is 76.2 Å². The van der Waals surface area contributed by atoms with Crippen molar-refractivity contribution in [3.63, 3.8) is 0 Å². The third-order valence-electron chi connectivity index (χ3n) is 9.30. The van der Waals surface area contributed by atoms with Crippen LogP contribution in [0.2, 0.25) is 0 Å². The summed E-state index contributed by atoms with van der Waals surface area (Å²) in [5, 5.41) is 19.1. The Hall–Kier alpha value is -3.24. The molecule has 5 rings (SSSR count). The van der Waals surface area contributed by atoms with E-state index in [0.29, 0.717) is 56.9 Å². The largest absolute Gasteiger partial charge is 0.481 e. The van der Waals surface area contributed by atoms with Crippen LogP contribution in [0.3, 0.4) is 0 Å². The van der Waals surface area contributed by atoms with Crippen molar-refractivity contribution in [3.05, 3.63) is 54.1 Å². The van der Waals surface area contributed by atoms with Gasteiger partial charge in [-0.3, -0.25) is 9.59 Å². The lowest BCUT2D eigenvalue weighted by molar-refractivity contribution is -0.143. The molecule has 2 aliphatic carbocycles. The highest BCUT2D eigenvalue weighted by Gasteiger charge is 2.35. The Balaban J connectivity index is 0.00000423. The number of hydrogen-bond donors (Lipinski definition) is 3. The van der Waals surface area contributed by atoms with Crippen molar-refractivity contribution in [2.45, 2.75) is 89.3 Å². The minimum Gasteiger partial charge on any atom is -0.481 e. The zero-order chi connectivity index (χ0) is 29.5. The van der Waals surface area contributed by atoms with E-state index in [4.69, 9.17) is 15.5 Å². The van der Waals surface area contributed by atoms with E-state index in [1.807, 2.05) is 48.5 Å². The monoisotopic (exact) mass is 610 g/mol. The zero-order valence-corrected chi connectivity index (χ0v) is 25.9. The highest BCUT2D eigenvalue weighted by atomic mass is 32.1. The number of guanidine groups is 1. The number of hydrogen-bond acceptors (Lipinski definition) is 7. The second kappa shape index (κ2) is 15.5. The molecule has 2 aromatic rings. The molecule has 0 aromatic heterocycles. The Morgan fingerprint density at radius 3 is 2.40 bits per heavy atom. The molecule has 3 aliphatic rings. The minimum absolute atomic E-state index is 0. The smallest absolute Gasteiger partial charge is 0.306 e. The van der Waals surface area contributed by atoms with Gasteiger partial charge in [-0.1, -0.05) is 37.5 Å². The molecule has 1 aliphatic heterocycles. The van der Waals surface area contributed by atoms with Crippen LogP contribution >= 0.6 is 13.5 Å². The maximum atomic E-state index is 13.6. The number of carboxylic acids is 1. The summed E-state index contributed by atoms with van der Waals surface area (Å²) in [5.41, 5.74) is 8.48. The fraction of sp³-hybridized carbons (Fsp3) is 0.545. The van der Waals surface area contributed by atoms with Crippen LogP contribution in [0.4, 0.5) is 5.69 Å². The van der Waals surface area contributed by atoms with Crippen LogP contribution in [0, 0.1) is 11.8 Å². The number of benzene rings is 2. The van der Waals surface area contributed by atoms with E-state index < -0.39 is 5.97 Å². The molecule has 2 aromatic carbocycles. The van der Waals surface area contributed by atoms with Crippen molar-refractivity contribution in [3.8, 4) is 11.5 Å². The van der Waals surface area contributed by atoms with Crippen LogP contribution in [0.25, 0.3) is 0 Å². The topological polar surface area (TPSA) is 129 Å². The van der Waals surface area contributed by atoms with Crippen LogP contribution in [0.15, 0.2) is 53.5 Å². The first-order valence-corrected chi connectivity index (χ1v) is 15.5. The number of aliphatic imine (C=N–C) groups is 1. The van der Waals surface area contributed by atoms with Crippen LogP contribution in [-0.4, -0.2) is 63.1 Å². The van der Waals surface area contributed by atoms with Gasteiger partial charge >= 0.3 is 5.97 Å². The number of fused-ring (bicyclic) bond motifs is 1. The first kappa shape index (κ1) is 32.7. The predicted octanol–water partition coefficient (Wildman–Crippen LogP) is 5.55. The molecular weight excluding hydrogens is 564 g/mol. The molecule has 0 bridgehead atoms. The van der Waals surface area contributed by atoms with E-state index in [2.05, 4.69) is 4.90 Å². The number of nitrogens with zero attached hydrogens (tertiary/aromatic N) is 3. The Bertz CT molecular complexity index is 1250. The molecule has 2 fully saturated rings. The standard InChI is InChI=1S/C33H44N4O5.H2S/c34-33-35-29-16-15-28(42-27-9-5-2-6-10-27)21-25(29)22-37(33)30(23-7-3-1-4-8-23)17-18-31(39)36(19-20-38)26-13-11-24(12-14-26)32(40)41;/h2,5-6,9-10,15-16,21,23-24,26,30,38H,1,3-4,7-8,11-14,17-20,22H2,(H2,34,35)(H,40,41);1H2/t24?,26?,30-;/m0./s1. The van der Waals surface area contributed by atoms with Gasteiger partial charge < -0.3 is 30.5 Å². The third kappa shape index (κ3) is 8.23. The number of carbonyl (C=O) groups excluding carboxylic acids is 1. The SMILES string of the molecule is NC1=Nc2ccc(Oc3ccccc3)cc2CN1[C@@H](CCC(=O)N(CCO)C1CCC(C(=O)O)CC1)C1CCCCC1.S. The molecule has 43 heavy (non-hydrogen) atoms. The van der Waals surface area contributed by atoms with Gasteiger partial charge in [-0.25, -0.2) is 4.99 Å². The van der Waals surface area contributed by atoms with Gasteiger partial charge in [0.25, 0.3) is 0 Å². The number of aliphatic carboxylic acids is 1. The summed E-state index contributed by atoms with van der Waals surface area (Å²) in [5.74, 6) is 1.35. The van der Waals surface area contributed by atoms with Crippen molar-refractivity contribution >= 4 is 37.0 Å². The molecule has 0 radical (unpaired) electrons. The number of aliphatic hydroxyl groups excluding tert-OH is 1. The summed E-state index contributed by atoms with van der Waals surface area (Å²) in [6.07, 6.45) is 9.25. The number of carboxylic acid groups (broad SMARTS) is 1. The molecule has 1 heterocycles. The van der Waals surface area contributed by atoms with Crippen molar-refractivity contribution in [1.29, 1.82) is 0 Å². The average molecular weight is 611 g/mol. The molecule has 1 atom stereocenters. The van der Waals surface area contributed by atoms with Crippen molar-refractivity contribution in [1.82, 2.24) is 9.80 Å². The summed E-state index contributed by atoms with van der Waals surface area (Å²) < 4.78 is 6.09. The fourth-order valence-electron chi connectivity index (χ4n) is 7.06. The Morgan fingerprint density at radius 2 is 1.72 bits per heavy atom. The summed E-state index contributed by atoms with van der Waals surface area (Å²) >= 11 is 0. The van der Waals surface area contributed by atoms with Crippen molar-refractivity contribution in [2.75, 3.05) is 13.2 Å². The number of aliphatic hydroxyl groups is 1. The van der Waals surface area contributed by atoms with E-state index in [-0.39, 0.29) is 50.6 Å². The second-order valence-electron chi connectivity index (χ2n) is 12.0. The summed E-state index contributed by atoms with van der Waals surface area (Å²) in [6, 6.07) is 15.6. The van der Waals surface area contributed by atoms with E-state index in [1.54, 1.807) is 4.90 Å². The van der Waals surface area contributed by atoms with Gasteiger partial charge in [-0.2, -0.15) is 13.5 Å². The predicted molar refractivity (Wildman–Crippen MR) is 172 cm³/mol. The summed E-state index contributed by atoms with van der Waals surface area (Å²) in [7, 11) is 0. The molecule has 10 heteroatoms. The quantitative estimate of drug-likeness (QED) is 0.304. The Kier molecular flexibility index (Phi) is 11.8. The van der Waals surface area contributed by atoms with Gasteiger partial charge in [0.2, 0.25) is 5.91 Å². The molecule has 9 nitrogen and oxygen atoms in total. The maximum absolute atomic E-state index is 13.6. The van der Waals surface area contributed by atoms with Crippen LogP contribution in [-0.2, 0) is 16.1 Å². The number of carbonyl (C=O) groups is 2. The van der Waals surface area contributed by atoms with Gasteiger partial charge in [-0.05, 0) is 81.2 Å². The van der Waals surface area contributed by atoms with E-state index in [9.17, 15) is 19.8 Å². The average Bonchev–Trinajstić information content (AvgIpc) is 3.01. The van der Waals surface area contributed by atoms with Crippen LogP contribution < -0.4 is 10.5 Å². The Labute approximate surface area is 261 Å². The lowest BCUT2D eigenvalue weighted by atomic mass is 9.81. The van der Waals surface area contributed by atoms with E-state index in [1.165, 1.54) is 19.3 Å². The molecular formula is C33H46N4O5S. The first-order chi connectivity index (χ1) is 20.4. The highest BCUT2D eigenvalue weighted by Crippen LogP contribution is 2.37. The number of amides is 1. The van der Waals surface area contributed by atoms with E-state index >= 15 is 0 Å². The number of nitrogens with two attached hydrogens (primary N) is 1. The lowest BCUT2D eigenvalue weighted by Gasteiger charge is -2.42. The normalized spacial score (nSPS) is 21.1. The molecule has 1 amide bonds. The lowest BCUT2D eigenvalue weighted by Crippen LogP contribution is -2.50. The molecule has 2 saturated carbocycles. The van der Waals surface area contributed by atoms with Crippen molar-refractivity contribution in [2.24, 2.45) is 22.6 Å². The van der Waals surface area contributed by atoms with Gasteiger partial charge in [0.1, 0.15) is 11.5 Å². The molecule has 0 spiro atoms. The highest BCUT2D eigenvalue weighted by molar-refractivity contribution is 7.59. The van der Waals surface area contributed by atoms with Gasteiger partial charge in [0, 0.05) is 37.2 Å². The van der Waals surface area contributed by atoms with Gasteiger partial charge in [-0.15, -0.1) is 0 Å². The zero-order valence-electron chi connectivity index (χ0n) is 24.9. The molecule has 0 saturated heterocycles. The summed E-state index contributed by atoms with van der Waals surface area (Å²) in [4.78, 5) is 33.8. The van der Waals surface area contributed by atoms with Gasteiger partial charge in [0.15, 0.2) is 5.96 Å². The maximum Gasteiger partial charge on any atom is 0.306 e. The molecule has 4 N–H and O–H groups in total. The second-order valence-corrected chi connectivity index (χ2v) is 12.0. The number of ether oxygens (including phenoxy) is 1. The van der Waals surface area contributed by atoms with Crippen molar-refractivity contribution < 1.29 is 24.5 Å². The third-order valence-corrected chi connectivity index (χ3v) is 9.30. The molecule has 0 unspecified atom stereocenters. The Morgan fingerprint density at radius 1 is 1.00 bits per heavy atom. The van der Waals surface area contributed by atoms with Crippen LogP contribution in [0.5, 0.6) is 11.5 Å². The van der Waals surface area contributed by atoms with E-state index in [0.717, 1.165) is 35.6 Å². The fourth-order valence-corrected chi connectivity index (χ4v) is 7.06. The molecule has 234 valence electrons. The minimum atomic E-state index is -0.759. The number of para-hydroxylation sites is 1. The summed E-state index contributed by atoms with van der Waals surface area (Å²) in [6.45, 7) is 0.776. The first-order valence-electron chi connectivity index (χ1n) is 15.5.